The molecule has 7 nitrogen and oxygen atoms in total. The Kier molecular flexibility index (Phi) is 5.49. The summed E-state index contributed by atoms with van der Waals surface area (Å²) in [5, 5.41) is 17.5. The van der Waals surface area contributed by atoms with Crippen LogP contribution in [0.3, 0.4) is 0 Å². The number of carbonyl (C=O) groups is 1. The maximum absolute atomic E-state index is 14.3. The number of likely N-dealkylation sites (tertiary alicyclic amines) is 1. The molecule has 148 valence electrons. The van der Waals surface area contributed by atoms with Crippen molar-refractivity contribution in [2.24, 2.45) is 0 Å². The molecule has 0 N–H and O–H groups in total. The number of benzene rings is 1. The van der Waals surface area contributed by atoms with Crippen molar-refractivity contribution in [2.75, 3.05) is 24.5 Å². The maximum atomic E-state index is 14.3. The first-order valence-corrected chi connectivity index (χ1v) is 9.64. The van der Waals surface area contributed by atoms with Crippen LogP contribution in [0, 0.1) is 17.1 Å². The van der Waals surface area contributed by atoms with Crippen molar-refractivity contribution < 1.29 is 9.18 Å². The van der Waals surface area contributed by atoms with Gasteiger partial charge in [0.15, 0.2) is 11.5 Å². The van der Waals surface area contributed by atoms with Crippen molar-refractivity contribution in [3.8, 4) is 6.07 Å². The summed E-state index contributed by atoms with van der Waals surface area (Å²) in [4.78, 5) is 16.5. The number of pyridine rings is 1. The van der Waals surface area contributed by atoms with E-state index in [-0.39, 0.29) is 37.1 Å². The number of nitriles is 1. The predicted molar refractivity (Wildman–Crippen MR) is 106 cm³/mol. The molecule has 1 atom stereocenters. The highest BCUT2D eigenvalue weighted by Crippen LogP contribution is 2.31. The fraction of sp³-hybridized carbons (Fsp3) is 0.333. The first kappa shape index (κ1) is 19.0. The molecule has 1 aliphatic rings. The van der Waals surface area contributed by atoms with E-state index in [9.17, 15) is 9.18 Å². The van der Waals surface area contributed by atoms with Gasteiger partial charge < -0.3 is 4.90 Å². The molecule has 0 spiro atoms. The molecule has 1 aromatic carbocycles. The van der Waals surface area contributed by atoms with Crippen molar-refractivity contribution >= 4 is 17.2 Å². The van der Waals surface area contributed by atoms with E-state index in [0.29, 0.717) is 0 Å². The van der Waals surface area contributed by atoms with Crippen molar-refractivity contribution in [3.63, 3.8) is 0 Å². The third-order valence-corrected chi connectivity index (χ3v) is 5.23. The Morgan fingerprint density at radius 1 is 1.24 bits per heavy atom. The van der Waals surface area contributed by atoms with Gasteiger partial charge in [0.05, 0.1) is 30.8 Å². The van der Waals surface area contributed by atoms with E-state index >= 15 is 0 Å². The Morgan fingerprint density at radius 2 is 2.07 bits per heavy atom. The summed E-state index contributed by atoms with van der Waals surface area (Å²) in [5.74, 6) is 0.103. The van der Waals surface area contributed by atoms with E-state index in [1.165, 1.54) is 11.0 Å². The normalized spacial score (nSPS) is 16.8. The van der Waals surface area contributed by atoms with E-state index in [1.807, 2.05) is 34.9 Å². The number of fused-ring (bicyclic) bond motifs is 1. The molecule has 0 radical (unpaired) electrons. The zero-order valence-corrected chi connectivity index (χ0v) is 15.9. The molecule has 3 aromatic rings. The van der Waals surface area contributed by atoms with Crippen LogP contribution in [0.5, 0.6) is 0 Å². The van der Waals surface area contributed by atoms with Crippen LogP contribution < -0.4 is 4.90 Å². The van der Waals surface area contributed by atoms with Crippen molar-refractivity contribution in [1.82, 2.24) is 19.5 Å². The molecule has 29 heavy (non-hydrogen) atoms. The smallest absolute Gasteiger partial charge is 0.241 e. The average molecular weight is 392 g/mol. The van der Waals surface area contributed by atoms with Gasteiger partial charge in [0.2, 0.25) is 5.91 Å². The Morgan fingerprint density at radius 3 is 2.90 bits per heavy atom. The van der Waals surface area contributed by atoms with Gasteiger partial charge in [-0.25, -0.2) is 4.39 Å². The molecule has 0 unspecified atom stereocenters. The standard InChI is InChI=1S/C21H21FN6O/c22-16-7-1-2-8-17(16)27(14-6-11-23)20(29)15-26-12-5-9-18(26)21-25-24-19-10-3-4-13-28(19)21/h1-4,7-8,10,13,18H,5-6,9,12,14-15H2/t18-/m1/s1. The molecular weight excluding hydrogens is 371 g/mol. The third-order valence-electron chi connectivity index (χ3n) is 5.23. The van der Waals surface area contributed by atoms with Gasteiger partial charge in [0, 0.05) is 12.7 Å². The van der Waals surface area contributed by atoms with Gasteiger partial charge in [-0.15, -0.1) is 10.2 Å². The Labute approximate surface area is 168 Å². The number of halogens is 1. The van der Waals surface area contributed by atoms with E-state index < -0.39 is 5.82 Å². The molecular formula is C21H21FN6O. The number of anilines is 1. The summed E-state index contributed by atoms with van der Waals surface area (Å²) in [6.45, 7) is 1.04. The molecule has 0 bridgehead atoms. The number of hydrogen-bond acceptors (Lipinski definition) is 5. The fourth-order valence-corrected chi connectivity index (χ4v) is 3.87. The zero-order valence-electron chi connectivity index (χ0n) is 15.9. The van der Waals surface area contributed by atoms with Gasteiger partial charge >= 0.3 is 0 Å². The molecule has 2 aromatic heterocycles. The van der Waals surface area contributed by atoms with Gasteiger partial charge in [-0.2, -0.15) is 5.26 Å². The summed E-state index contributed by atoms with van der Waals surface area (Å²) in [5.41, 5.74) is 0.971. The zero-order chi connectivity index (χ0) is 20.2. The highest BCUT2D eigenvalue weighted by Gasteiger charge is 2.32. The van der Waals surface area contributed by atoms with Crippen LogP contribution >= 0.6 is 0 Å². The summed E-state index contributed by atoms with van der Waals surface area (Å²) >= 11 is 0. The first-order valence-electron chi connectivity index (χ1n) is 9.64. The van der Waals surface area contributed by atoms with Crippen LogP contribution in [-0.4, -0.2) is 45.0 Å². The monoisotopic (exact) mass is 392 g/mol. The number of para-hydroxylation sites is 1. The van der Waals surface area contributed by atoms with Crippen LogP contribution in [0.2, 0.25) is 0 Å². The highest BCUT2D eigenvalue weighted by atomic mass is 19.1. The molecule has 3 heterocycles. The molecule has 1 saturated heterocycles. The number of amides is 1. The minimum absolute atomic E-state index is 0.0326. The summed E-state index contributed by atoms with van der Waals surface area (Å²) in [6.07, 6.45) is 3.87. The largest absolute Gasteiger partial charge is 0.308 e. The molecule has 8 heteroatoms. The molecule has 1 amide bonds. The highest BCUT2D eigenvalue weighted by molar-refractivity contribution is 5.95. The van der Waals surface area contributed by atoms with Crippen LogP contribution in [0.4, 0.5) is 10.1 Å². The minimum atomic E-state index is -0.472. The third kappa shape index (κ3) is 3.82. The number of hydrogen-bond donors (Lipinski definition) is 0. The topological polar surface area (TPSA) is 77.5 Å². The second-order valence-corrected chi connectivity index (χ2v) is 7.02. The van der Waals surface area contributed by atoms with Gasteiger partial charge in [0.1, 0.15) is 5.82 Å². The van der Waals surface area contributed by atoms with Crippen LogP contribution in [0.25, 0.3) is 5.65 Å². The lowest BCUT2D eigenvalue weighted by atomic mass is 10.2. The second kappa shape index (κ2) is 8.37. The minimum Gasteiger partial charge on any atom is -0.308 e. The van der Waals surface area contributed by atoms with Crippen LogP contribution in [0.15, 0.2) is 48.7 Å². The molecule has 1 fully saturated rings. The predicted octanol–water partition coefficient (Wildman–Crippen LogP) is 2.95. The molecule has 0 saturated carbocycles. The summed E-state index contributed by atoms with van der Waals surface area (Å²) < 4.78 is 16.2. The van der Waals surface area contributed by atoms with E-state index in [4.69, 9.17) is 5.26 Å². The maximum Gasteiger partial charge on any atom is 0.241 e. The molecule has 0 aliphatic carbocycles. The summed E-state index contributed by atoms with van der Waals surface area (Å²) in [6, 6.07) is 13.9. The lowest BCUT2D eigenvalue weighted by molar-refractivity contribution is -0.120. The SMILES string of the molecule is N#CCCN(C(=O)CN1CCC[C@@H]1c1nnc2ccccn12)c1ccccc1F. The van der Waals surface area contributed by atoms with E-state index in [2.05, 4.69) is 15.1 Å². The van der Waals surface area contributed by atoms with Gasteiger partial charge in [-0.05, 0) is 43.7 Å². The second-order valence-electron chi connectivity index (χ2n) is 7.02. The van der Waals surface area contributed by atoms with Gasteiger partial charge in [-0.3, -0.25) is 14.1 Å². The lowest BCUT2D eigenvalue weighted by Gasteiger charge is -2.27. The lowest BCUT2D eigenvalue weighted by Crippen LogP contribution is -2.41. The fourth-order valence-electron chi connectivity index (χ4n) is 3.87. The Balaban J connectivity index is 1.57. The van der Waals surface area contributed by atoms with Gasteiger partial charge in [0.25, 0.3) is 0 Å². The van der Waals surface area contributed by atoms with Crippen LogP contribution in [-0.2, 0) is 4.79 Å². The number of carbonyl (C=O) groups excluding carboxylic acids is 1. The van der Waals surface area contributed by atoms with Crippen LogP contribution in [0.1, 0.15) is 31.1 Å². The van der Waals surface area contributed by atoms with E-state index in [0.717, 1.165) is 30.9 Å². The number of rotatable bonds is 6. The van der Waals surface area contributed by atoms with Crippen molar-refractivity contribution in [1.29, 1.82) is 5.26 Å². The molecule has 4 rings (SSSR count). The van der Waals surface area contributed by atoms with Crippen molar-refractivity contribution in [2.45, 2.75) is 25.3 Å². The van der Waals surface area contributed by atoms with Gasteiger partial charge in [-0.1, -0.05) is 18.2 Å². The first-order chi connectivity index (χ1) is 14.2. The molecule has 1 aliphatic heterocycles. The Bertz CT molecular complexity index is 1060. The average Bonchev–Trinajstić information content (AvgIpc) is 3.36. The number of nitrogens with zero attached hydrogens (tertiary/aromatic N) is 6. The van der Waals surface area contributed by atoms with Crippen molar-refractivity contribution in [3.05, 3.63) is 60.3 Å². The number of aromatic nitrogens is 3. The van der Waals surface area contributed by atoms with E-state index in [1.54, 1.807) is 18.2 Å². The quantitative estimate of drug-likeness (QED) is 0.645. The Hall–Kier alpha value is -3.31. The summed E-state index contributed by atoms with van der Waals surface area (Å²) in [7, 11) is 0.